The first-order chi connectivity index (χ1) is 17.6. The topological polar surface area (TPSA) is 118 Å². The molecule has 9 heteroatoms. The van der Waals surface area contributed by atoms with Crippen LogP contribution in [0.15, 0.2) is 79.6 Å². The van der Waals surface area contributed by atoms with Crippen LogP contribution in [0.2, 0.25) is 0 Å². The summed E-state index contributed by atoms with van der Waals surface area (Å²) in [5.74, 6) is 0.195. The van der Waals surface area contributed by atoms with Crippen LogP contribution in [-0.2, 0) is 9.53 Å². The molecule has 0 bridgehead atoms. The molecule has 182 valence electrons. The van der Waals surface area contributed by atoms with Crippen molar-refractivity contribution in [2.75, 3.05) is 41.8 Å². The minimum absolute atomic E-state index is 0.0595. The number of nitrogens with two attached hydrogens (primary N) is 1. The van der Waals surface area contributed by atoms with E-state index in [1.54, 1.807) is 12.4 Å². The van der Waals surface area contributed by atoms with Crippen molar-refractivity contribution in [2.45, 2.75) is 6.10 Å². The second kappa shape index (κ2) is 10.5. The van der Waals surface area contributed by atoms with E-state index in [1.807, 2.05) is 42.5 Å². The Morgan fingerprint density at radius 3 is 2.83 bits per heavy atom. The van der Waals surface area contributed by atoms with E-state index in [-0.39, 0.29) is 12.0 Å². The number of anilines is 4. The molecule has 4 aromatic rings. The highest BCUT2D eigenvalue weighted by molar-refractivity contribution is 5.99. The molecule has 4 N–H and O–H groups in total. The number of hydrogen-bond donors (Lipinski definition) is 3. The number of pyridine rings is 1. The number of ether oxygens (including phenoxy) is 1. The summed E-state index contributed by atoms with van der Waals surface area (Å²) in [4.78, 5) is 27.8. The molecular formula is C27H27N7O2. The monoisotopic (exact) mass is 481 g/mol. The van der Waals surface area contributed by atoms with Gasteiger partial charge in [-0.1, -0.05) is 18.7 Å². The zero-order chi connectivity index (χ0) is 24.9. The standard InChI is InChI=1S/C27H27N7O2/c1-2-24(35)31-21-5-3-4-18(14-21)25-26-19(10-11-29-25)16-30-27(33-26)32-20-6-8-22(9-7-20)34-12-13-36-23(15-28)17-34/h2-11,14,16,23H,1,12-13,15,17,28H2,(H,31,35)(H,30,32,33). The minimum atomic E-state index is -0.273. The molecule has 2 aromatic carbocycles. The summed E-state index contributed by atoms with van der Waals surface area (Å²) in [5, 5.41) is 6.93. The predicted octanol–water partition coefficient (Wildman–Crippen LogP) is 3.72. The Morgan fingerprint density at radius 2 is 2.03 bits per heavy atom. The molecule has 1 saturated heterocycles. The van der Waals surface area contributed by atoms with Crippen LogP contribution >= 0.6 is 0 Å². The average Bonchev–Trinajstić information content (AvgIpc) is 2.93. The SMILES string of the molecule is C=CC(=O)Nc1cccc(-c2nccc3cnc(Nc4ccc(N5CCOC(CN)C5)cc4)nc23)c1. The van der Waals surface area contributed by atoms with Crippen LogP contribution in [0.25, 0.3) is 22.2 Å². The smallest absolute Gasteiger partial charge is 0.247 e. The lowest BCUT2D eigenvalue weighted by Crippen LogP contribution is -2.45. The molecule has 0 spiro atoms. The molecule has 0 aliphatic carbocycles. The Balaban J connectivity index is 1.38. The van der Waals surface area contributed by atoms with Gasteiger partial charge in [0.15, 0.2) is 0 Å². The third-order valence-corrected chi connectivity index (χ3v) is 5.98. The number of morpholine rings is 1. The fraction of sp³-hybridized carbons (Fsp3) is 0.185. The van der Waals surface area contributed by atoms with Crippen molar-refractivity contribution in [1.82, 2.24) is 15.0 Å². The number of nitrogens with zero attached hydrogens (tertiary/aromatic N) is 4. The van der Waals surface area contributed by atoms with Gasteiger partial charge in [0.1, 0.15) is 5.52 Å². The summed E-state index contributed by atoms with van der Waals surface area (Å²) in [7, 11) is 0. The van der Waals surface area contributed by atoms with Gasteiger partial charge in [-0.15, -0.1) is 0 Å². The number of rotatable bonds is 7. The van der Waals surface area contributed by atoms with Crippen molar-refractivity contribution < 1.29 is 9.53 Å². The maximum absolute atomic E-state index is 11.7. The number of nitrogens with one attached hydrogen (secondary N) is 2. The Labute approximate surface area is 209 Å². The first kappa shape index (κ1) is 23.4. The third-order valence-electron chi connectivity index (χ3n) is 5.98. The molecule has 0 radical (unpaired) electrons. The minimum Gasteiger partial charge on any atom is -0.373 e. The zero-order valence-electron chi connectivity index (χ0n) is 19.7. The molecular weight excluding hydrogens is 454 g/mol. The number of carbonyl (C=O) groups is 1. The molecule has 3 heterocycles. The highest BCUT2D eigenvalue weighted by atomic mass is 16.5. The molecule has 5 rings (SSSR count). The van der Waals surface area contributed by atoms with Crippen LogP contribution in [-0.4, -0.2) is 53.2 Å². The molecule has 1 atom stereocenters. The van der Waals surface area contributed by atoms with Gasteiger partial charge in [-0.05, 0) is 48.5 Å². The molecule has 9 nitrogen and oxygen atoms in total. The maximum atomic E-state index is 11.7. The van der Waals surface area contributed by atoms with E-state index in [9.17, 15) is 4.79 Å². The van der Waals surface area contributed by atoms with Gasteiger partial charge < -0.3 is 26.0 Å². The Kier molecular flexibility index (Phi) is 6.83. The fourth-order valence-corrected chi connectivity index (χ4v) is 4.15. The first-order valence-electron chi connectivity index (χ1n) is 11.7. The summed E-state index contributed by atoms with van der Waals surface area (Å²) in [6.45, 7) is 6.31. The molecule has 1 aliphatic heterocycles. The molecule has 1 aliphatic rings. The summed E-state index contributed by atoms with van der Waals surface area (Å²) in [6.07, 6.45) is 4.79. The molecule has 2 aromatic heterocycles. The van der Waals surface area contributed by atoms with Crippen LogP contribution in [0.4, 0.5) is 23.0 Å². The van der Waals surface area contributed by atoms with Crippen molar-refractivity contribution in [3.63, 3.8) is 0 Å². The number of benzene rings is 2. The van der Waals surface area contributed by atoms with Gasteiger partial charge in [-0.25, -0.2) is 9.97 Å². The van der Waals surface area contributed by atoms with E-state index < -0.39 is 0 Å². The van der Waals surface area contributed by atoms with Gasteiger partial charge in [0.2, 0.25) is 11.9 Å². The highest BCUT2D eigenvalue weighted by Crippen LogP contribution is 2.28. The normalized spacial score (nSPS) is 15.5. The van der Waals surface area contributed by atoms with E-state index in [0.717, 1.165) is 35.4 Å². The van der Waals surface area contributed by atoms with Gasteiger partial charge in [0, 0.05) is 60.0 Å². The Bertz CT molecular complexity index is 1390. The average molecular weight is 482 g/mol. The largest absolute Gasteiger partial charge is 0.373 e. The Morgan fingerprint density at radius 1 is 1.17 bits per heavy atom. The lowest BCUT2D eigenvalue weighted by Gasteiger charge is -2.34. The van der Waals surface area contributed by atoms with Crippen LogP contribution < -0.4 is 21.3 Å². The van der Waals surface area contributed by atoms with Gasteiger partial charge in [0.05, 0.1) is 18.4 Å². The van der Waals surface area contributed by atoms with Crippen LogP contribution in [0, 0.1) is 0 Å². The quantitative estimate of drug-likeness (QED) is 0.342. The second-order valence-electron chi connectivity index (χ2n) is 8.41. The van der Waals surface area contributed by atoms with Crippen LogP contribution in [0.1, 0.15) is 0 Å². The van der Waals surface area contributed by atoms with Gasteiger partial charge >= 0.3 is 0 Å². The first-order valence-corrected chi connectivity index (χ1v) is 11.7. The van der Waals surface area contributed by atoms with Gasteiger partial charge in [-0.2, -0.15) is 0 Å². The van der Waals surface area contributed by atoms with Crippen molar-refractivity contribution in [1.29, 1.82) is 0 Å². The van der Waals surface area contributed by atoms with E-state index in [0.29, 0.717) is 36.0 Å². The fourth-order valence-electron chi connectivity index (χ4n) is 4.15. The maximum Gasteiger partial charge on any atom is 0.247 e. The summed E-state index contributed by atoms with van der Waals surface area (Å²) >= 11 is 0. The van der Waals surface area contributed by atoms with Crippen LogP contribution in [0.5, 0.6) is 0 Å². The van der Waals surface area contributed by atoms with Crippen molar-refractivity contribution >= 4 is 39.8 Å². The van der Waals surface area contributed by atoms with E-state index in [4.69, 9.17) is 15.5 Å². The number of carbonyl (C=O) groups excluding carboxylic acids is 1. The van der Waals surface area contributed by atoms with E-state index >= 15 is 0 Å². The second-order valence-corrected chi connectivity index (χ2v) is 8.41. The third kappa shape index (κ3) is 5.17. The molecule has 36 heavy (non-hydrogen) atoms. The van der Waals surface area contributed by atoms with E-state index in [1.165, 1.54) is 6.08 Å². The number of hydrogen-bond acceptors (Lipinski definition) is 8. The number of amides is 1. The highest BCUT2D eigenvalue weighted by Gasteiger charge is 2.19. The van der Waals surface area contributed by atoms with Crippen molar-refractivity contribution in [3.05, 3.63) is 79.6 Å². The number of aromatic nitrogens is 3. The molecule has 1 amide bonds. The summed E-state index contributed by atoms with van der Waals surface area (Å²) in [5.41, 5.74) is 10.7. The zero-order valence-corrected chi connectivity index (χ0v) is 19.7. The summed E-state index contributed by atoms with van der Waals surface area (Å²) < 4.78 is 5.66. The molecule has 1 fully saturated rings. The predicted molar refractivity (Wildman–Crippen MR) is 142 cm³/mol. The Hall–Kier alpha value is -4.34. The van der Waals surface area contributed by atoms with Crippen molar-refractivity contribution in [3.8, 4) is 11.3 Å². The summed E-state index contributed by atoms with van der Waals surface area (Å²) in [6, 6.07) is 17.5. The van der Waals surface area contributed by atoms with E-state index in [2.05, 4.69) is 44.2 Å². The lowest BCUT2D eigenvalue weighted by molar-refractivity contribution is -0.111. The van der Waals surface area contributed by atoms with Crippen LogP contribution in [0.3, 0.4) is 0 Å². The van der Waals surface area contributed by atoms with Crippen molar-refractivity contribution in [2.24, 2.45) is 5.73 Å². The lowest BCUT2D eigenvalue weighted by atomic mass is 10.1. The number of fused-ring (bicyclic) bond motifs is 1. The van der Waals surface area contributed by atoms with Gasteiger partial charge in [0.25, 0.3) is 0 Å². The molecule has 0 saturated carbocycles. The van der Waals surface area contributed by atoms with Gasteiger partial charge in [-0.3, -0.25) is 9.78 Å². The molecule has 1 unspecified atom stereocenters.